The van der Waals surface area contributed by atoms with Crippen molar-refractivity contribution in [2.75, 3.05) is 18.5 Å². The van der Waals surface area contributed by atoms with E-state index in [4.69, 9.17) is 4.74 Å². The first-order valence-electron chi connectivity index (χ1n) is 7.70. The summed E-state index contributed by atoms with van der Waals surface area (Å²) in [6, 6.07) is 9.67. The number of para-hydroxylation sites is 1. The van der Waals surface area contributed by atoms with Crippen molar-refractivity contribution in [3.8, 4) is 0 Å². The van der Waals surface area contributed by atoms with Crippen LogP contribution in [0.15, 0.2) is 35.1 Å². The third-order valence-electron chi connectivity index (χ3n) is 4.21. The van der Waals surface area contributed by atoms with E-state index in [1.54, 1.807) is 10.6 Å². The first-order chi connectivity index (χ1) is 10.3. The standard InChI is InChI=1S/C17H22N2O2/c1-19-16-8-3-2-7-14(16)15(12-17(19)20)18-10-9-13-6-4-5-11-21-13/h2-3,7-8,12-13,18H,4-6,9-11H2,1H3. The van der Waals surface area contributed by atoms with Crippen molar-refractivity contribution < 1.29 is 4.74 Å². The molecule has 4 nitrogen and oxygen atoms in total. The van der Waals surface area contributed by atoms with Crippen LogP contribution in [-0.4, -0.2) is 23.8 Å². The molecule has 2 heterocycles. The molecule has 0 aliphatic carbocycles. The average molecular weight is 286 g/mol. The molecule has 0 amide bonds. The predicted molar refractivity (Wildman–Crippen MR) is 85.9 cm³/mol. The smallest absolute Gasteiger partial charge is 0.252 e. The van der Waals surface area contributed by atoms with Gasteiger partial charge in [0.05, 0.1) is 11.6 Å². The number of benzene rings is 1. The van der Waals surface area contributed by atoms with Gasteiger partial charge in [-0.05, 0) is 31.7 Å². The molecule has 1 aliphatic heterocycles. The summed E-state index contributed by atoms with van der Waals surface area (Å²) in [7, 11) is 1.81. The highest BCUT2D eigenvalue weighted by Gasteiger charge is 2.13. The van der Waals surface area contributed by atoms with E-state index in [1.165, 1.54) is 12.8 Å². The summed E-state index contributed by atoms with van der Waals surface area (Å²) in [5.74, 6) is 0. The Labute approximate surface area is 124 Å². The molecule has 0 bridgehead atoms. The van der Waals surface area contributed by atoms with Crippen LogP contribution in [0, 0.1) is 0 Å². The third kappa shape index (κ3) is 3.10. The summed E-state index contributed by atoms with van der Waals surface area (Å²) < 4.78 is 7.43. The van der Waals surface area contributed by atoms with Gasteiger partial charge in [-0.1, -0.05) is 18.2 Å². The maximum atomic E-state index is 12.0. The minimum Gasteiger partial charge on any atom is -0.384 e. The summed E-state index contributed by atoms with van der Waals surface area (Å²) in [6.07, 6.45) is 4.95. The van der Waals surface area contributed by atoms with Gasteiger partial charge in [-0.25, -0.2) is 0 Å². The molecule has 21 heavy (non-hydrogen) atoms. The van der Waals surface area contributed by atoms with Crippen LogP contribution in [-0.2, 0) is 11.8 Å². The Kier molecular flexibility index (Phi) is 4.25. The highest BCUT2D eigenvalue weighted by atomic mass is 16.5. The second-order valence-electron chi connectivity index (χ2n) is 5.68. The number of nitrogens with zero attached hydrogens (tertiary/aromatic N) is 1. The lowest BCUT2D eigenvalue weighted by molar-refractivity contribution is 0.0134. The van der Waals surface area contributed by atoms with E-state index in [2.05, 4.69) is 5.32 Å². The van der Waals surface area contributed by atoms with Crippen LogP contribution in [0.4, 0.5) is 5.69 Å². The zero-order valence-corrected chi connectivity index (χ0v) is 12.5. The first-order valence-corrected chi connectivity index (χ1v) is 7.70. The highest BCUT2D eigenvalue weighted by molar-refractivity contribution is 5.91. The fraction of sp³-hybridized carbons (Fsp3) is 0.471. The summed E-state index contributed by atoms with van der Waals surface area (Å²) in [5.41, 5.74) is 1.90. The molecule has 1 aliphatic rings. The molecule has 1 unspecified atom stereocenters. The topological polar surface area (TPSA) is 43.3 Å². The molecule has 0 radical (unpaired) electrons. The monoisotopic (exact) mass is 286 g/mol. The van der Waals surface area contributed by atoms with Crippen LogP contribution in [0.25, 0.3) is 10.9 Å². The van der Waals surface area contributed by atoms with E-state index < -0.39 is 0 Å². The minimum absolute atomic E-state index is 0.0186. The van der Waals surface area contributed by atoms with Crippen LogP contribution in [0.3, 0.4) is 0 Å². The minimum atomic E-state index is 0.0186. The molecule has 1 aromatic carbocycles. The molecule has 0 saturated carbocycles. The lowest BCUT2D eigenvalue weighted by Gasteiger charge is -2.23. The number of hydrogen-bond acceptors (Lipinski definition) is 3. The van der Waals surface area contributed by atoms with Crippen LogP contribution >= 0.6 is 0 Å². The maximum Gasteiger partial charge on any atom is 0.252 e. The van der Waals surface area contributed by atoms with Gasteiger partial charge >= 0.3 is 0 Å². The average Bonchev–Trinajstić information content (AvgIpc) is 2.53. The highest BCUT2D eigenvalue weighted by Crippen LogP contribution is 2.21. The molecule has 2 aromatic rings. The third-order valence-corrected chi connectivity index (χ3v) is 4.21. The number of hydrogen-bond donors (Lipinski definition) is 1. The van der Waals surface area contributed by atoms with E-state index >= 15 is 0 Å². The van der Waals surface area contributed by atoms with Crippen molar-refractivity contribution in [1.82, 2.24) is 4.57 Å². The Morgan fingerprint density at radius 3 is 3.00 bits per heavy atom. The van der Waals surface area contributed by atoms with Gasteiger partial charge in [0.1, 0.15) is 0 Å². The largest absolute Gasteiger partial charge is 0.384 e. The van der Waals surface area contributed by atoms with Crippen molar-refractivity contribution in [1.29, 1.82) is 0 Å². The Bertz CT molecular complexity index is 672. The number of ether oxygens (including phenoxy) is 1. The number of pyridine rings is 1. The van der Waals surface area contributed by atoms with Gasteiger partial charge in [0.25, 0.3) is 5.56 Å². The van der Waals surface area contributed by atoms with E-state index in [1.807, 2.05) is 31.3 Å². The molecule has 1 N–H and O–H groups in total. The summed E-state index contributed by atoms with van der Waals surface area (Å²) >= 11 is 0. The molecule has 1 fully saturated rings. The summed E-state index contributed by atoms with van der Waals surface area (Å²) in [5, 5.41) is 4.50. The van der Waals surface area contributed by atoms with Gasteiger partial charge in [-0.15, -0.1) is 0 Å². The molecular formula is C17H22N2O2. The number of rotatable bonds is 4. The Morgan fingerprint density at radius 2 is 2.19 bits per heavy atom. The normalized spacial score (nSPS) is 18.8. The lowest BCUT2D eigenvalue weighted by Crippen LogP contribution is -2.23. The number of aryl methyl sites for hydroxylation is 1. The van der Waals surface area contributed by atoms with E-state index in [0.717, 1.165) is 42.6 Å². The second kappa shape index (κ2) is 6.31. The van der Waals surface area contributed by atoms with Gasteiger partial charge in [-0.2, -0.15) is 0 Å². The number of nitrogens with one attached hydrogen (secondary N) is 1. The SMILES string of the molecule is Cn1c(=O)cc(NCCC2CCCCO2)c2ccccc21. The fourth-order valence-corrected chi connectivity index (χ4v) is 2.96. The molecule has 1 saturated heterocycles. The van der Waals surface area contributed by atoms with Crippen LogP contribution < -0.4 is 10.9 Å². The van der Waals surface area contributed by atoms with E-state index in [0.29, 0.717) is 6.10 Å². The summed E-state index contributed by atoms with van der Waals surface area (Å²) in [6.45, 7) is 1.72. The maximum absolute atomic E-state index is 12.0. The zero-order chi connectivity index (χ0) is 14.7. The molecular weight excluding hydrogens is 264 g/mol. The molecule has 4 heteroatoms. The molecule has 112 valence electrons. The van der Waals surface area contributed by atoms with Crippen LogP contribution in [0.5, 0.6) is 0 Å². The van der Waals surface area contributed by atoms with Crippen molar-refractivity contribution >= 4 is 16.6 Å². The Balaban J connectivity index is 1.74. The van der Waals surface area contributed by atoms with Gasteiger partial charge in [-0.3, -0.25) is 4.79 Å². The predicted octanol–water partition coefficient (Wildman–Crippen LogP) is 2.91. The molecule has 1 atom stereocenters. The van der Waals surface area contributed by atoms with Gasteiger partial charge in [0.15, 0.2) is 0 Å². The molecule has 0 spiro atoms. The fourth-order valence-electron chi connectivity index (χ4n) is 2.96. The van der Waals surface area contributed by atoms with Crippen molar-refractivity contribution in [3.05, 3.63) is 40.7 Å². The number of fused-ring (bicyclic) bond motifs is 1. The second-order valence-corrected chi connectivity index (χ2v) is 5.68. The van der Waals surface area contributed by atoms with E-state index in [9.17, 15) is 4.79 Å². The number of aromatic nitrogens is 1. The van der Waals surface area contributed by atoms with Gasteiger partial charge in [0, 0.05) is 37.3 Å². The van der Waals surface area contributed by atoms with Gasteiger partial charge in [0.2, 0.25) is 0 Å². The molecule has 3 rings (SSSR count). The lowest BCUT2D eigenvalue weighted by atomic mass is 10.1. The Hall–Kier alpha value is -1.81. The van der Waals surface area contributed by atoms with Crippen LogP contribution in [0.2, 0.25) is 0 Å². The zero-order valence-electron chi connectivity index (χ0n) is 12.5. The van der Waals surface area contributed by atoms with Gasteiger partial charge < -0.3 is 14.6 Å². The number of anilines is 1. The van der Waals surface area contributed by atoms with Crippen molar-refractivity contribution in [2.24, 2.45) is 7.05 Å². The van der Waals surface area contributed by atoms with Crippen molar-refractivity contribution in [2.45, 2.75) is 31.8 Å². The molecule has 1 aromatic heterocycles. The summed E-state index contributed by atoms with van der Waals surface area (Å²) in [4.78, 5) is 12.0. The van der Waals surface area contributed by atoms with Crippen LogP contribution in [0.1, 0.15) is 25.7 Å². The first kappa shape index (κ1) is 14.1. The Morgan fingerprint density at radius 1 is 1.33 bits per heavy atom. The van der Waals surface area contributed by atoms with E-state index in [-0.39, 0.29) is 5.56 Å². The van der Waals surface area contributed by atoms with Crippen molar-refractivity contribution in [3.63, 3.8) is 0 Å². The quantitative estimate of drug-likeness (QED) is 0.940.